The van der Waals surface area contributed by atoms with Gasteiger partial charge in [0.2, 0.25) is 5.91 Å². The molecule has 108 valence electrons. The van der Waals surface area contributed by atoms with Gasteiger partial charge in [-0.25, -0.2) is 0 Å². The Kier molecular flexibility index (Phi) is 4.53. The van der Waals surface area contributed by atoms with Crippen molar-refractivity contribution in [1.29, 1.82) is 0 Å². The van der Waals surface area contributed by atoms with Crippen molar-refractivity contribution in [2.75, 3.05) is 7.05 Å². The first-order valence-corrected chi connectivity index (χ1v) is 6.53. The lowest BCUT2D eigenvalue weighted by Gasteiger charge is -2.40. The minimum Gasteiger partial charge on any atom is -0.391 e. The minimum absolute atomic E-state index is 0.255. The Hall–Kier alpha value is -1.20. The van der Waals surface area contributed by atoms with E-state index in [9.17, 15) is 14.7 Å². The van der Waals surface area contributed by atoms with E-state index in [1.54, 1.807) is 31.9 Å². The van der Waals surface area contributed by atoms with E-state index in [2.05, 4.69) is 0 Å². The van der Waals surface area contributed by atoms with Crippen molar-refractivity contribution in [3.8, 4) is 0 Å². The number of aliphatic hydroxyl groups is 1. The van der Waals surface area contributed by atoms with Crippen molar-refractivity contribution in [1.82, 2.24) is 9.80 Å². The Morgan fingerprint density at radius 1 is 1.47 bits per heavy atom. The Bertz CT molecular complexity index is 396. The second-order valence-electron chi connectivity index (χ2n) is 6.11. The van der Waals surface area contributed by atoms with Gasteiger partial charge in [-0.1, -0.05) is 6.08 Å². The molecule has 1 rings (SSSR count). The van der Waals surface area contributed by atoms with Gasteiger partial charge in [0.15, 0.2) is 0 Å². The van der Waals surface area contributed by atoms with Crippen LogP contribution in [-0.4, -0.2) is 57.5 Å². The highest BCUT2D eigenvalue weighted by atomic mass is 16.3. The summed E-state index contributed by atoms with van der Waals surface area (Å²) in [5.41, 5.74) is -0.281. The zero-order valence-corrected chi connectivity index (χ0v) is 12.5. The summed E-state index contributed by atoms with van der Waals surface area (Å²) >= 11 is 0. The number of amides is 2. The summed E-state index contributed by atoms with van der Waals surface area (Å²) in [5, 5.41) is 9.93. The van der Waals surface area contributed by atoms with Gasteiger partial charge in [0.25, 0.3) is 5.91 Å². The van der Waals surface area contributed by atoms with Crippen LogP contribution in [0.2, 0.25) is 0 Å². The zero-order chi connectivity index (χ0) is 15.0. The average Bonchev–Trinajstić information content (AvgIpc) is 2.56. The molecule has 0 bridgehead atoms. The van der Waals surface area contributed by atoms with Gasteiger partial charge in [-0.3, -0.25) is 19.4 Å². The van der Waals surface area contributed by atoms with E-state index in [1.807, 2.05) is 20.8 Å². The van der Waals surface area contributed by atoms with Gasteiger partial charge in [0, 0.05) is 11.6 Å². The summed E-state index contributed by atoms with van der Waals surface area (Å²) < 4.78 is 0. The maximum absolute atomic E-state index is 12.6. The maximum atomic E-state index is 12.6. The van der Waals surface area contributed by atoms with E-state index in [0.717, 1.165) is 0 Å². The van der Waals surface area contributed by atoms with Crippen LogP contribution < -0.4 is 0 Å². The van der Waals surface area contributed by atoms with Crippen LogP contribution in [0.25, 0.3) is 0 Å². The van der Waals surface area contributed by atoms with Gasteiger partial charge < -0.3 is 5.11 Å². The molecule has 0 fully saturated rings. The first-order valence-electron chi connectivity index (χ1n) is 6.53. The van der Waals surface area contributed by atoms with Gasteiger partial charge in [0.05, 0.1) is 12.1 Å². The summed E-state index contributed by atoms with van der Waals surface area (Å²) in [5.74, 6) is -0.666. The number of hydrogen-bond acceptors (Lipinski definition) is 4. The summed E-state index contributed by atoms with van der Waals surface area (Å²) in [7, 11) is 1.79. The van der Waals surface area contributed by atoms with E-state index in [-0.39, 0.29) is 23.4 Å². The van der Waals surface area contributed by atoms with Crippen LogP contribution in [-0.2, 0) is 9.59 Å². The number of aliphatic hydroxyl groups excluding tert-OH is 1. The standard InChI is InChI=1S/C14H24N2O3/c1-9-7-8-11(18)16(9)13(19)12(10(2)17)15(6)14(3,4)5/h7-10,12,17H,1-6H3. The van der Waals surface area contributed by atoms with E-state index < -0.39 is 12.1 Å². The van der Waals surface area contributed by atoms with Gasteiger partial charge in [-0.2, -0.15) is 0 Å². The number of carbonyl (C=O) groups excluding carboxylic acids is 2. The van der Waals surface area contributed by atoms with E-state index in [1.165, 1.54) is 11.0 Å². The molecule has 0 saturated carbocycles. The van der Waals surface area contributed by atoms with Crippen molar-refractivity contribution < 1.29 is 14.7 Å². The molecular formula is C14H24N2O3. The van der Waals surface area contributed by atoms with Crippen molar-refractivity contribution in [3.63, 3.8) is 0 Å². The third-order valence-corrected chi connectivity index (χ3v) is 3.58. The first kappa shape index (κ1) is 15.9. The average molecular weight is 268 g/mol. The van der Waals surface area contributed by atoms with Crippen molar-refractivity contribution in [3.05, 3.63) is 12.2 Å². The largest absolute Gasteiger partial charge is 0.391 e. The molecule has 0 spiro atoms. The zero-order valence-electron chi connectivity index (χ0n) is 12.5. The highest BCUT2D eigenvalue weighted by molar-refractivity contribution is 6.05. The van der Waals surface area contributed by atoms with Crippen LogP contribution in [0.3, 0.4) is 0 Å². The highest BCUT2D eigenvalue weighted by Gasteiger charge is 2.40. The molecule has 2 amide bonds. The number of likely N-dealkylation sites (N-methyl/N-ethyl adjacent to an activating group) is 1. The summed E-state index contributed by atoms with van der Waals surface area (Å²) in [6, 6.07) is -0.985. The number of nitrogens with zero attached hydrogens (tertiary/aromatic N) is 2. The van der Waals surface area contributed by atoms with Crippen molar-refractivity contribution in [2.45, 2.75) is 58.3 Å². The van der Waals surface area contributed by atoms with E-state index >= 15 is 0 Å². The fourth-order valence-corrected chi connectivity index (χ4v) is 2.15. The number of rotatable bonds is 3. The molecule has 3 atom stereocenters. The van der Waals surface area contributed by atoms with Crippen LogP contribution in [0.15, 0.2) is 12.2 Å². The fourth-order valence-electron chi connectivity index (χ4n) is 2.15. The maximum Gasteiger partial charge on any atom is 0.253 e. The Labute approximate surface area is 114 Å². The van der Waals surface area contributed by atoms with Crippen LogP contribution >= 0.6 is 0 Å². The molecule has 1 aliphatic heterocycles. The van der Waals surface area contributed by atoms with E-state index in [4.69, 9.17) is 0 Å². The van der Waals surface area contributed by atoms with Crippen molar-refractivity contribution in [2.24, 2.45) is 0 Å². The third kappa shape index (κ3) is 3.22. The quantitative estimate of drug-likeness (QED) is 0.821. The molecule has 0 aliphatic carbocycles. The summed E-state index contributed by atoms with van der Waals surface area (Å²) in [6.07, 6.45) is 2.24. The lowest BCUT2D eigenvalue weighted by Crippen LogP contribution is -2.59. The molecule has 0 aromatic heterocycles. The molecule has 5 nitrogen and oxygen atoms in total. The molecule has 0 aromatic rings. The van der Waals surface area contributed by atoms with Crippen LogP contribution in [0.4, 0.5) is 0 Å². The molecule has 0 radical (unpaired) electrons. The summed E-state index contributed by atoms with van der Waals surface area (Å²) in [4.78, 5) is 27.3. The van der Waals surface area contributed by atoms with Gasteiger partial charge in [0.1, 0.15) is 6.04 Å². The predicted molar refractivity (Wildman–Crippen MR) is 73.4 cm³/mol. The smallest absolute Gasteiger partial charge is 0.253 e. The van der Waals surface area contributed by atoms with Crippen LogP contribution in [0, 0.1) is 0 Å². The minimum atomic E-state index is -0.850. The monoisotopic (exact) mass is 268 g/mol. The van der Waals surface area contributed by atoms with E-state index in [0.29, 0.717) is 0 Å². The Balaban J connectivity index is 3.01. The molecule has 1 N–H and O–H groups in total. The second kappa shape index (κ2) is 5.43. The van der Waals surface area contributed by atoms with Crippen LogP contribution in [0.1, 0.15) is 34.6 Å². The lowest BCUT2D eigenvalue weighted by molar-refractivity contribution is -0.150. The lowest BCUT2D eigenvalue weighted by atomic mass is 10.00. The first-order chi connectivity index (χ1) is 8.57. The molecule has 3 unspecified atom stereocenters. The van der Waals surface area contributed by atoms with Gasteiger partial charge >= 0.3 is 0 Å². The molecule has 1 aliphatic rings. The SMILES string of the molecule is CC(O)C(C(=O)N1C(=O)C=CC1C)N(C)C(C)(C)C. The van der Waals surface area contributed by atoms with Crippen LogP contribution in [0.5, 0.6) is 0 Å². The molecule has 19 heavy (non-hydrogen) atoms. The molecular weight excluding hydrogens is 244 g/mol. The van der Waals surface area contributed by atoms with Crippen molar-refractivity contribution >= 4 is 11.8 Å². The molecule has 5 heteroatoms. The molecule has 0 saturated heterocycles. The predicted octanol–water partition coefficient (Wildman–Crippen LogP) is 0.780. The number of imide groups is 1. The second-order valence-corrected chi connectivity index (χ2v) is 6.11. The fraction of sp³-hybridized carbons (Fsp3) is 0.714. The number of hydrogen-bond donors (Lipinski definition) is 1. The third-order valence-electron chi connectivity index (χ3n) is 3.58. The summed E-state index contributed by atoms with van der Waals surface area (Å²) in [6.45, 7) is 9.24. The topological polar surface area (TPSA) is 60.9 Å². The van der Waals surface area contributed by atoms with Gasteiger partial charge in [-0.05, 0) is 41.7 Å². The Morgan fingerprint density at radius 3 is 2.32 bits per heavy atom. The number of carbonyl (C=O) groups is 2. The Morgan fingerprint density at radius 2 is 2.00 bits per heavy atom. The highest BCUT2D eigenvalue weighted by Crippen LogP contribution is 2.21. The normalized spacial score (nSPS) is 23.1. The molecule has 0 aromatic carbocycles. The molecule has 1 heterocycles. The van der Waals surface area contributed by atoms with Gasteiger partial charge in [-0.15, -0.1) is 0 Å².